The van der Waals surface area contributed by atoms with Gasteiger partial charge in [0.1, 0.15) is 24.6 Å². The molecule has 0 amide bonds. The van der Waals surface area contributed by atoms with Crippen LogP contribution in [0.15, 0.2) is 36.0 Å². The molecular formula is C16H18N8O4. The molecule has 3 aromatic rings. The molecular weight excluding hydrogens is 368 g/mol. The van der Waals surface area contributed by atoms with Gasteiger partial charge in [-0.05, 0) is 17.7 Å². The molecule has 3 aromatic heterocycles. The van der Waals surface area contributed by atoms with E-state index >= 15 is 0 Å². The summed E-state index contributed by atoms with van der Waals surface area (Å²) in [6.45, 7) is -0.457. The maximum Gasteiger partial charge on any atom is 0.228 e. The van der Waals surface area contributed by atoms with Crippen LogP contribution < -0.4 is 11.2 Å². The largest absolute Gasteiger partial charge is 0.394 e. The summed E-state index contributed by atoms with van der Waals surface area (Å²) in [4.78, 5) is 16.3. The molecule has 6 N–H and O–H groups in total. The molecule has 0 saturated carbocycles. The van der Waals surface area contributed by atoms with E-state index < -0.39 is 31.1 Å². The van der Waals surface area contributed by atoms with Gasteiger partial charge in [-0.25, -0.2) is 20.4 Å². The number of aliphatic hydroxyl groups is 3. The van der Waals surface area contributed by atoms with Gasteiger partial charge in [0.05, 0.1) is 12.8 Å². The first-order valence-electron chi connectivity index (χ1n) is 8.40. The molecule has 1 saturated heterocycles. The SMILES string of the molecule is Nc1ncnc2c1nc(N/N=C/c1ccncc1)n2[C@@H]1O[C@H](CO)[C@@H](O)[C@@H]1O. The molecule has 4 heterocycles. The second-order valence-electron chi connectivity index (χ2n) is 6.12. The zero-order valence-corrected chi connectivity index (χ0v) is 14.5. The molecule has 4 rings (SSSR count). The number of aliphatic hydroxyl groups excluding tert-OH is 3. The summed E-state index contributed by atoms with van der Waals surface area (Å²) in [5, 5.41) is 34.0. The van der Waals surface area contributed by atoms with E-state index in [-0.39, 0.29) is 22.9 Å². The van der Waals surface area contributed by atoms with E-state index in [9.17, 15) is 15.3 Å². The first kappa shape index (κ1) is 18.2. The van der Waals surface area contributed by atoms with Gasteiger partial charge >= 0.3 is 0 Å². The van der Waals surface area contributed by atoms with Gasteiger partial charge in [-0.1, -0.05) is 0 Å². The normalized spacial score (nSPS) is 25.0. The number of fused-ring (bicyclic) bond motifs is 1. The van der Waals surface area contributed by atoms with Crippen LogP contribution in [0.5, 0.6) is 0 Å². The fourth-order valence-corrected chi connectivity index (χ4v) is 2.95. The second kappa shape index (κ2) is 7.44. The minimum absolute atomic E-state index is 0.136. The minimum Gasteiger partial charge on any atom is -0.394 e. The maximum atomic E-state index is 10.4. The Morgan fingerprint density at radius 1 is 1.25 bits per heavy atom. The number of pyridine rings is 1. The molecule has 28 heavy (non-hydrogen) atoms. The molecule has 1 fully saturated rings. The highest BCUT2D eigenvalue weighted by Gasteiger charge is 2.45. The summed E-state index contributed by atoms with van der Waals surface area (Å²) < 4.78 is 7.02. The predicted octanol–water partition coefficient (Wildman–Crippen LogP) is -1.14. The average molecular weight is 386 g/mol. The van der Waals surface area contributed by atoms with Crippen molar-refractivity contribution in [3.8, 4) is 0 Å². The third kappa shape index (κ3) is 3.14. The molecule has 12 heteroatoms. The molecule has 0 radical (unpaired) electrons. The van der Waals surface area contributed by atoms with E-state index in [0.717, 1.165) is 5.56 Å². The number of nitrogens with one attached hydrogen (secondary N) is 1. The highest BCUT2D eigenvalue weighted by molar-refractivity contribution is 5.84. The number of imidazole rings is 1. The number of nitrogens with zero attached hydrogens (tertiary/aromatic N) is 6. The first-order chi connectivity index (χ1) is 13.6. The number of aromatic nitrogens is 5. The summed E-state index contributed by atoms with van der Waals surface area (Å²) in [5.74, 6) is 0.305. The van der Waals surface area contributed by atoms with Crippen molar-refractivity contribution < 1.29 is 20.1 Å². The van der Waals surface area contributed by atoms with Crippen molar-refractivity contribution in [3.05, 3.63) is 36.4 Å². The van der Waals surface area contributed by atoms with Crippen molar-refractivity contribution in [3.63, 3.8) is 0 Å². The molecule has 0 aromatic carbocycles. The molecule has 4 atom stereocenters. The van der Waals surface area contributed by atoms with E-state index in [1.165, 1.54) is 10.9 Å². The average Bonchev–Trinajstić information content (AvgIpc) is 3.21. The molecule has 146 valence electrons. The van der Waals surface area contributed by atoms with E-state index in [2.05, 4.69) is 30.5 Å². The lowest BCUT2D eigenvalue weighted by atomic mass is 10.1. The van der Waals surface area contributed by atoms with Gasteiger partial charge in [0, 0.05) is 12.4 Å². The molecule has 0 spiro atoms. The second-order valence-corrected chi connectivity index (χ2v) is 6.12. The number of anilines is 2. The minimum atomic E-state index is -1.32. The molecule has 0 unspecified atom stereocenters. The fourth-order valence-electron chi connectivity index (χ4n) is 2.95. The summed E-state index contributed by atoms with van der Waals surface area (Å²) in [6, 6.07) is 3.54. The van der Waals surface area contributed by atoms with Crippen LogP contribution >= 0.6 is 0 Å². The Hall–Kier alpha value is -3.19. The summed E-state index contributed by atoms with van der Waals surface area (Å²) >= 11 is 0. The van der Waals surface area contributed by atoms with Crippen LogP contribution in [-0.4, -0.2) is 71.0 Å². The molecule has 12 nitrogen and oxygen atoms in total. The van der Waals surface area contributed by atoms with Gasteiger partial charge in [0.2, 0.25) is 5.95 Å². The topological polar surface area (TPSA) is 177 Å². The highest BCUT2D eigenvalue weighted by atomic mass is 16.6. The molecule has 0 aliphatic carbocycles. The Morgan fingerprint density at radius 3 is 2.75 bits per heavy atom. The Bertz CT molecular complexity index is 995. The Kier molecular flexibility index (Phi) is 4.83. The van der Waals surface area contributed by atoms with E-state index in [4.69, 9.17) is 10.5 Å². The zero-order valence-electron chi connectivity index (χ0n) is 14.5. The quantitative estimate of drug-likeness (QED) is 0.266. The van der Waals surface area contributed by atoms with Gasteiger partial charge in [-0.2, -0.15) is 5.10 Å². The van der Waals surface area contributed by atoms with Crippen molar-refractivity contribution in [2.75, 3.05) is 17.8 Å². The fraction of sp³-hybridized carbons (Fsp3) is 0.312. The van der Waals surface area contributed by atoms with Crippen LogP contribution in [0, 0.1) is 0 Å². The Morgan fingerprint density at radius 2 is 2.04 bits per heavy atom. The van der Waals surface area contributed by atoms with Gasteiger partial charge in [0.15, 0.2) is 23.2 Å². The first-order valence-corrected chi connectivity index (χ1v) is 8.40. The predicted molar refractivity (Wildman–Crippen MR) is 98.2 cm³/mol. The third-order valence-corrected chi connectivity index (χ3v) is 4.36. The van der Waals surface area contributed by atoms with E-state index in [0.29, 0.717) is 0 Å². The third-order valence-electron chi connectivity index (χ3n) is 4.36. The number of nitrogen functional groups attached to an aromatic ring is 1. The van der Waals surface area contributed by atoms with Crippen LogP contribution in [0.4, 0.5) is 11.8 Å². The number of nitrogens with two attached hydrogens (primary N) is 1. The lowest BCUT2D eigenvalue weighted by molar-refractivity contribution is -0.0501. The number of hydrogen-bond acceptors (Lipinski definition) is 11. The van der Waals surface area contributed by atoms with E-state index in [1.807, 2.05) is 0 Å². The standard InChI is InChI=1S/C16H18N8O4/c17-13-10-14(20-7-19-13)24(15-12(27)11(26)9(6-25)28-15)16(22-10)23-21-5-8-1-3-18-4-2-8/h1-5,7,9,11-12,15,25-27H,6H2,(H,22,23)(H2,17,19,20)/b21-5+/t9-,11-,12+,15-/m1/s1. The van der Waals surface area contributed by atoms with Gasteiger partial charge in [-0.3, -0.25) is 9.55 Å². The lowest BCUT2D eigenvalue weighted by Crippen LogP contribution is -2.33. The monoisotopic (exact) mass is 386 g/mol. The summed E-state index contributed by atoms with van der Waals surface area (Å²) in [5.41, 5.74) is 10.0. The van der Waals surface area contributed by atoms with Gasteiger partial charge < -0.3 is 25.8 Å². The van der Waals surface area contributed by atoms with Gasteiger partial charge in [0.25, 0.3) is 0 Å². The van der Waals surface area contributed by atoms with Crippen LogP contribution in [0.2, 0.25) is 0 Å². The van der Waals surface area contributed by atoms with Gasteiger partial charge in [-0.15, -0.1) is 0 Å². The summed E-state index contributed by atoms with van der Waals surface area (Å²) in [7, 11) is 0. The Balaban J connectivity index is 1.73. The number of hydrogen-bond donors (Lipinski definition) is 5. The zero-order chi connectivity index (χ0) is 19.7. The van der Waals surface area contributed by atoms with Crippen LogP contribution in [-0.2, 0) is 4.74 Å². The van der Waals surface area contributed by atoms with Crippen LogP contribution in [0.25, 0.3) is 11.2 Å². The lowest BCUT2D eigenvalue weighted by Gasteiger charge is -2.18. The molecule has 1 aliphatic heterocycles. The van der Waals surface area contributed by atoms with Crippen molar-refractivity contribution in [2.24, 2.45) is 5.10 Å². The van der Waals surface area contributed by atoms with Crippen molar-refractivity contribution in [1.82, 2.24) is 24.5 Å². The molecule has 0 bridgehead atoms. The smallest absolute Gasteiger partial charge is 0.228 e. The number of rotatable bonds is 5. The van der Waals surface area contributed by atoms with Crippen molar-refractivity contribution in [2.45, 2.75) is 24.5 Å². The Labute approximate surface area is 158 Å². The number of hydrazone groups is 1. The molecule has 1 aliphatic rings. The maximum absolute atomic E-state index is 10.4. The summed E-state index contributed by atoms with van der Waals surface area (Å²) in [6.07, 6.45) is 1.45. The van der Waals surface area contributed by atoms with Crippen LogP contribution in [0.3, 0.4) is 0 Å². The van der Waals surface area contributed by atoms with Crippen molar-refractivity contribution in [1.29, 1.82) is 0 Å². The van der Waals surface area contributed by atoms with Crippen LogP contribution in [0.1, 0.15) is 11.8 Å². The van der Waals surface area contributed by atoms with Crippen molar-refractivity contribution >= 4 is 29.1 Å². The number of ether oxygens (including phenoxy) is 1. The van der Waals surface area contributed by atoms with E-state index in [1.54, 1.807) is 30.7 Å². The highest BCUT2D eigenvalue weighted by Crippen LogP contribution is 2.35.